The molecule has 2 aromatic carbocycles. The summed E-state index contributed by atoms with van der Waals surface area (Å²) in [5.74, 6) is 0.738. The first kappa shape index (κ1) is 17.9. The van der Waals surface area contributed by atoms with Gasteiger partial charge < -0.3 is 10.1 Å². The Kier molecular flexibility index (Phi) is 4.54. The number of carbonyl (C=O) groups excluding carboxylic acids is 1. The van der Waals surface area contributed by atoms with Crippen molar-refractivity contribution < 1.29 is 13.9 Å². The number of nitrogens with zero attached hydrogens (tertiary/aromatic N) is 2. The molecule has 148 valence electrons. The second-order valence-corrected chi connectivity index (χ2v) is 7.71. The molecule has 0 spiro atoms. The van der Waals surface area contributed by atoms with Crippen molar-refractivity contribution in [1.29, 1.82) is 0 Å². The van der Waals surface area contributed by atoms with Gasteiger partial charge in [-0.15, -0.1) is 0 Å². The van der Waals surface area contributed by atoms with Crippen molar-refractivity contribution in [3.8, 4) is 11.4 Å². The lowest BCUT2D eigenvalue weighted by molar-refractivity contribution is 0.0932. The lowest BCUT2D eigenvalue weighted by atomic mass is 9.96. The number of carbonyl (C=O) groups is 1. The Hall–Kier alpha value is -3.15. The third-order valence-corrected chi connectivity index (χ3v) is 5.72. The van der Waals surface area contributed by atoms with E-state index in [1.165, 1.54) is 17.7 Å². The molecule has 3 aromatic rings. The van der Waals surface area contributed by atoms with Crippen LogP contribution >= 0.6 is 0 Å². The fourth-order valence-corrected chi connectivity index (χ4v) is 4.26. The van der Waals surface area contributed by atoms with Crippen LogP contribution in [-0.4, -0.2) is 28.8 Å². The van der Waals surface area contributed by atoms with E-state index >= 15 is 0 Å². The number of para-hydroxylation sites is 1. The molecule has 2 heterocycles. The number of amides is 1. The van der Waals surface area contributed by atoms with Crippen molar-refractivity contribution in [2.24, 2.45) is 5.92 Å². The zero-order valence-corrected chi connectivity index (χ0v) is 16.0. The van der Waals surface area contributed by atoms with E-state index < -0.39 is 0 Å². The van der Waals surface area contributed by atoms with E-state index in [4.69, 9.17) is 4.74 Å². The van der Waals surface area contributed by atoms with E-state index in [-0.39, 0.29) is 17.6 Å². The van der Waals surface area contributed by atoms with Crippen LogP contribution in [-0.2, 0) is 19.3 Å². The Labute approximate surface area is 168 Å². The van der Waals surface area contributed by atoms with Gasteiger partial charge in [-0.25, -0.2) is 9.07 Å². The van der Waals surface area contributed by atoms with E-state index in [0.29, 0.717) is 18.8 Å². The highest BCUT2D eigenvalue weighted by atomic mass is 19.1. The Morgan fingerprint density at radius 1 is 1.17 bits per heavy atom. The summed E-state index contributed by atoms with van der Waals surface area (Å²) in [5.41, 5.74) is 4.51. The Morgan fingerprint density at radius 2 is 2.00 bits per heavy atom. The van der Waals surface area contributed by atoms with Crippen LogP contribution < -0.4 is 10.1 Å². The predicted molar refractivity (Wildman–Crippen MR) is 107 cm³/mol. The standard InChI is InChI=1S/C23H22FN3O2/c24-17-8-10-18(11-9-17)27-20-6-3-5-19(20)22(26-27)23(28)25-13-15-12-16-4-1-2-7-21(16)29-14-15/h1-2,4,7-11,15H,3,5-6,12-14H2,(H,25,28). The number of aromatic nitrogens is 2. The molecule has 0 saturated carbocycles. The summed E-state index contributed by atoms with van der Waals surface area (Å²) in [6.45, 7) is 1.14. The van der Waals surface area contributed by atoms with Crippen LogP contribution in [0.5, 0.6) is 5.75 Å². The summed E-state index contributed by atoms with van der Waals surface area (Å²) in [7, 11) is 0. The average Bonchev–Trinajstić information content (AvgIpc) is 3.35. The van der Waals surface area contributed by atoms with Crippen LogP contribution in [0.2, 0.25) is 0 Å². The molecule has 2 aliphatic rings. The number of benzene rings is 2. The molecule has 0 saturated heterocycles. The molecule has 1 aliphatic carbocycles. The minimum absolute atomic E-state index is 0.150. The van der Waals surface area contributed by atoms with Gasteiger partial charge >= 0.3 is 0 Å². The minimum atomic E-state index is -0.285. The van der Waals surface area contributed by atoms with Crippen LogP contribution in [0.4, 0.5) is 4.39 Å². The smallest absolute Gasteiger partial charge is 0.272 e. The molecule has 5 nitrogen and oxygen atoms in total. The highest BCUT2D eigenvalue weighted by Crippen LogP contribution is 2.29. The maximum absolute atomic E-state index is 13.3. The Balaban J connectivity index is 1.32. The number of ether oxygens (including phenoxy) is 1. The minimum Gasteiger partial charge on any atom is -0.493 e. The summed E-state index contributed by atoms with van der Waals surface area (Å²) in [6.07, 6.45) is 3.61. The molecule has 0 fully saturated rings. The monoisotopic (exact) mass is 391 g/mol. The molecule has 1 aromatic heterocycles. The molecular weight excluding hydrogens is 369 g/mol. The van der Waals surface area contributed by atoms with Crippen molar-refractivity contribution in [3.05, 3.63) is 76.9 Å². The van der Waals surface area contributed by atoms with Gasteiger partial charge in [-0.1, -0.05) is 18.2 Å². The van der Waals surface area contributed by atoms with Gasteiger partial charge in [-0.3, -0.25) is 4.79 Å². The first-order valence-electron chi connectivity index (χ1n) is 10.0. The van der Waals surface area contributed by atoms with Gasteiger partial charge in [0, 0.05) is 23.7 Å². The summed E-state index contributed by atoms with van der Waals surface area (Å²) >= 11 is 0. The SMILES string of the molecule is O=C(NCC1COc2ccccc2C1)c1nn(-c2ccc(F)cc2)c2c1CCC2. The number of nitrogens with one attached hydrogen (secondary N) is 1. The molecule has 1 atom stereocenters. The highest BCUT2D eigenvalue weighted by Gasteiger charge is 2.28. The zero-order valence-electron chi connectivity index (χ0n) is 16.0. The summed E-state index contributed by atoms with van der Waals surface area (Å²) in [6, 6.07) is 14.3. The van der Waals surface area contributed by atoms with Crippen molar-refractivity contribution in [1.82, 2.24) is 15.1 Å². The largest absolute Gasteiger partial charge is 0.493 e. The summed E-state index contributed by atoms with van der Waals surface area (Å²) < 4.78 is 20.9. The van der Waals surface area contributed by atoms with Crippen molar-refractivity contribution >= 4 is 5.91 Å². The van der Waals surface area contributed by atoms with E-state index in [1.807, 2.05) is 18.2 Å². The third-order valence-electron chi connectivity index (χ3n) is 5.72. The van der Waals surface area contributed by atoms with Crippen molar-refractivity contribution in [2.45, 2.75) is 25.7 Å². The van der Waals surface area contributed by atoms with Gasteiger partial charge in [0.1, 0.15) is 11.6 Å². The maximum Gasteiger partial charge on any atom is 0.272 e. The van der Waals surface area contributed by atoms with Crippen molar-refractivity contribution in [2.75, 3.05) is 13.2 Å². The Morgan fingerprint density at radius 3 is 2.86 bits per heavy atom. The fourth-order valence-electron chi connectivity index (χ4n) is 4.26. The van der Waals surface area contributed by atoms with Crippen LogP contribution in [0, 0.1) is 11.7 Å². The average molecular weight is 391 g/mol. The van der Waals surface area contributed by atoms with Crippen LogP contribution in [0.25, 0.3) is 5.69 Å². The third kappa shape index (κ3) is 3.39. The van der Waals surface area contributed by atoms with Crippen LogP contribution in [0.15, 0.2) is 48.5 Å². The van der Waals surface area contributed by atoms with Gasteiger partial charge in [0.15, 0.2) is 5.69 Å². The molecule has 5 rings (SSSR count). The van der Waals surface area contributed by atoms with Gasteiger partial charge in [0.2, 0.25) is 0 Å². The molecule has 1 amide bonds. The summed E-state index contributed by atoms with van der Waals surface area (Å²) in [4.78, 5) is 12.9. The van der Waals surface area contributed by atoms with E-state index in [1.54, 1.807) is 16.8 Å². The maximum atomic E-state index is 13.3. The van der Waals surface area contributed by atoms with Crippen LogP contribution in [0.1, 0.15) is 33.7 Å². The second-order valence-electron chi connectivity index (χ2n) is 7.71. The zero-order chi connectivity index (χ0) is 19.8. The summed E-state index contributed by atoms with van der Waals surface area (Å²) in [5, 5.41) is 7.63. The van der Waals surface area contributed by atoms with E-state index in [2.05, 4.69) is 16.5 Å². The number of rotatable bonds is 4. The highest BCUT2D eigenvalue weighted by molar-refractivity contribution is 5.94. The molecule has 6 heteroatoms. The second kappa shape index (κ2) is 7.35. The Bertz CT molecular complexity index is 1060. The molecule has 0 bridgehead atoms. The molecule has 29 heavy (non-hydrogen) atoms. The lowest BCUT2D eigenvalue weighted by Crippen LogP contribution is -2.35. The van der Waals surface area contributed by atoms with Gasteiger partial charge in [0.05, 0.1) is 12.3 Å². The predicted octanol–water partition coefficient (Wildman–Crippen LogP) is 3.48. The molecule has 1 aliphatic heterocycles. The van der Waals surface area contributed by atoms with Gasteiger partial charge in [-0.05, 0) is 61.6 Å². The number of halogens is 1. The van der Waals surface area contributed by atoms with E-state index in [9.17, 15) is 9.18 Å². The van der Waals surface area contributed by atoms with Crippen LogP contribution in [0.3, 0.4) is 0 Å². The van der Waals surface area contributed by atoms with Crippen molar-refractivity contribution in [3.63, 3.8) is 0 Å². The first-order valence-corrected chi connectivity index (χ1v) is 10.0. The number of fused-ring (bicyclic) bond motifs is 2. The fraction of sp³-hybridized carbons (Fsp3) is 0.304. The topological polar surface area (TPSA) is 56.1 Å². The number of hydrogen-bond acceptors (Lipinski definition) is 3. The molecule has 0 radical (unpaired) electrons. The first-order chi connectivity index (χ1) is 14.2. The van der Waals surface area contributed by atoms with E-state index in [0.717, 1.165) is 48.4 Å². The molecule has 1 N–H and O–H groups in total. The normalized spacial score (nSPS) is 17.3. The number of hydrogen-bond donors (Lipinski definition) is 1. The molecule has 1 unspecified atom stereocenters. The lowest BCUT2D eigenvalue weighted by Gasteiger charge is -2.25. The van der Waals surface area contributed by atoms with Gasteiger partial charge in [-0.2, -0.15) is 5.10 Å². The van der Waals surface area contributed by atoms with Gasteiger partial charge in [0.25, 0.3) is 5.91 Å². The quantitative estimate of drug-likeness (QED) is 0.741. The molecular formula is C23H22FN3O2.